The third kappa shape index (κ3) is 3.00. The van der Waals surface area contributed by atoms with Crippen LogP contribution in [0.3, 0.4) is 0 Å². The zero-order valence-corrected chi connectivity index (χ0v) is 9.68. The molecule has 6 nitrogen and oxygen atoms in total. The van der Waals surface area contributed by atoms with Crippen molar-refractivity contribution in [2.45, 2.75) is 13.0 Å². The molecule has 94 valence electrons. The van der Waals surface area contributed by atoms with Gasteiger partial charge in [0, 0.05) is 12.1 Å². The van der Waals surface area contributed by atoms with Gasteiger partial charge in [-0.25, -0.2) is 0 Å². The number of nitrogens with zero attached hydrogens (tertiary/aromatic N) is 1. The van der Waals surface area contributed by atoms with E-state index < -0.39 is 0 Å². The van der Waals surface area contributed by atoms with E-state index in [1.807, 2.05) is 0 Å². The highest BCUT2D eigenvalue weighted by atomic mass is 16.3. The zero-order chi connectivity index (χ0) is 13.0. The summed E-state index contributed by atoms with van der Waals surface area (Å²) in [7, 11) is 0. The van der Waals surface area contributed by atoms with Gasteiger partial charge in [-0.1, -0.05) is 12.1 Å². The number of nitrogens with one attached hydrogen (secondary N) is 2. The molecule has 1 aromatic heterocycles. The first-order valence-corrected chi connectivity index (χ1v) is 5.47. The van der Waals surface area contributed by atoms with Gasteiger partial charge in [-0.2, -0.15) is 5.10 Å². The number of phenolic OH excluding ortho intramolecular Hbond substituents is 1. The first kappa shape index (κ1) is 12.0. The van der Waals surface area contributed by atoms with Crippen molar-refractivity contribution in [1.29, 1.82) is 0 Å². The van der Waals surface area contributed by atoms with Gasteiger partial charge in [-0.05, 0) is 17.7 Å². The molecule has 2 rings (SSSR count). The number of anilines is 1. The maximum absolute atomic E-state index is 11.7. The molecule has 0 aliphatic rings. The average molecular weight is 246 g/mol. The second-order valence-corrected chi connectivity index (χ2v) is 3.93. The molecule has 0 atom stereocenters. The van der Waals surface area contributed by atoms with Crippen molar-refractivity contribution >= 4 is 11.7 Å². The van der Waals surface area contributed by atoms with Gasteiger partial charge in [0.2, 0.25) is 5.91 Å². The van der Waals surface area contributed by atoms with Gasteiger partial charge < -0.3 is 16.2 Å². The molecule has 0 aliphatic carbocycles. The summed E-state index contributed by atoms with van der Waals surface area (Å²) in [5.41, 5.74) is 7.20. The summed E-state index contributed by atoms with van der Waals surface area (Å²) in [5, 5.41) is 18.2. The Labute approximate surface area is 104 Å². The van der Waals surface area contributed by atoms with Crippen LogP contribution in [-0.4, -0.2) is 21.2 Å². The molecular formula is C12H14N4O2. The Kier molecular flexibility index (Phi) is 3.47. The first-order chi connectivity index (χ1) is 8.65. The Morgan fingerprint density at radius 3 is 2.72 bits per heavy atom. The van der Waals surface area contributed by atoms with Crippen LogP contribution in [0.5, 0.6) is 5.75 Å². The minimum absolute atomic E-state index is 0.110. The molecule has 1 heterocycles. The number of benzene rings is 1. The molecule has 18 heavy (non-hydrogen) atoms. The number of aromatic hydroxyl groups is 1. The number of hydrogen-bond donors (Lipinski definition) is 4. The van der Waals surface area contributed by atoms with E-state index in [2.05, 4.69) is 15.5 Å². The number of nitrogen functional groups attached to an aromatic ring is 1. The summed E-state index contributed by atoms with van der Waals surface area (Å²) in [6.45, 7) is 0.346. The van der Waals surface area contributed by atoms with Gasteiger partial charge in [0.25, 0.3) is 0 Å². The summed E-state index contributed by atoms with van der Waals surface area (Å²) < 4.78 is 0. The SMILES string of the molecule is Nc1[nH]ncc1CNC(=O)Cc1ccc(O)cc1. The van der Waals surface area contributed by atoms with E-state index in [0.717, 1.165) is 11.1 Å². The fraction of sp³-hybridized carbons (Fsp3) is 0.167. The molecule has 0 unspecified atom stereocenters. The molecule has 2 aromatic rings. The quantitative estimate of drug-likeness (QED) is 0.632. The van der Waals surface area contributed by atoms with E-state index in [1.54, 1.807) is 30.5 Å². The third-order valence-corrected chi connectivity index (χ3v) is 2.53. The molecule has 0 fully saturated rings. The molecule has 0 aliphatic heterocycles. The summed E-state index contributed by atoms with van der Waals surface area (Å²) in [6.07, 6.45) is 1.84. The minimum atomic E-state index is -0.110. The summed E-state index contributed by atoms with van der Waals surface area (Å²) in [4.78, 5) is 11.7. The van der Waals surface area contributed by atoms with E-state index in [9.17, 15) is 4.79 Å². The topological polar surface area (TPSA) is 104 Å². The van der Waals surface area contributed by atoms with E-state index in [-0.39, 0.29) is 18.1 Å². The number of nitrogens with two attached hydrogens (primary N) is 1. The second-order valence-electron chi connectivity index (χ2n) is 3.93. The van der Waals surface area contributed by atoms with Crippen LogP contribution in [0.25, 0.3) is 0 Å². The molecule has 0 saturated carbocycles. The van der Waals surface area contributed by atoms with Crippen molar-refractivity contribution in [1.82, 2.24) is 15.5 Å². The number of aromatic nitrogens is 2. The van der Waals surface area contributed by atoms with Crippen molar-refractivity contribution in [3.63, 3.8) is 0 Å². The highest BCUT2D eigenvalue weighted by molar-refractivity contribution is 5.78. The number of rotatable bonds is 4. The maximum atomic E-state index is 11.7. The van der Waals surface area contributed by atoms with Gasteiger partial charge in [0.15, 0.2) is 0 Å². The van der Waals surface area contributed by atoms with Gasteiger partial charge in [0.05, 0.1) is 12.6 Å². The number of amides is 1. The van der Waals surface area contributed by atoms with Gasteiger partial charge >= 0.3 is 0 Å². The lowest BCUT2D eigenvalue weighted by Gasteiger charge is -2.04. The maximum Gasteiger partial charge on any atom is 0.224 e. The molecule has 0 bridgehead atoms. The Balaban J connectivity index is 1.86. The van der Waals surface area contributed by atoms with Crippen LogP contribution in [0, 0.1) is 0 Å². The van der Waals surface area contributed by atoms with E-state index in [1.165, 1.54) is 0 Å². The number of carbonyl (C=O) groups is 1. The Morgan fingerprint density at radius 1 is 1.39 bits per heavy atom. The zero-order valence-electron chi connectivity index (χ0n) is 9.68. The number of H-pyrrole nitrogens is 1. The van der Waals surface area contributed by atoms with Gasteiger partial charge in [-0.15, -0.1) is 0 Å². The number of phenols is 1. The van der Waals surface area contributed by atoms with Gasteiger partial charge in [0.1, 0.15) is 11.6 Å². The average Bonchev–Trinajstić information content (AvgIpc) is 2.75. The molecule has 1 aromatic carbocycles. The molecule has 0 saturated heterocycles. The fourth-order valence-corrected chi connectivity index (χ4v) is 1.52. The summed E-state index contributed by atoms with van der Waals surface area (Å²) in [6, 6.07) is 6.52. The van der Waals surface area contributed by atoms with Crippen LogP contribution >= 0.6 is 0 Å². The largest absolute Gasteiger partial charge is 0.508 e. The van der Waals surface area contributed by atoms with Crippen molar-refractivity contribution < 1.29 is 9.90 Å². The van der Waals surface area contributed by atoms with E-state index in [4.69, 9.17) is 10.8 Å². The van der Waals surface area contributed by atoms with Crippen LogP contribution in [0.4, 0.5) is 5.82 Å². The van der Waals surface area contributed by atoms with Crippen molar-refractivity contribution in [3.05, 3.63) is 41.6 Å². The van der Waals surface area contributed by atoms with Crippen LogP contribution in [0.2, 0.25) is 0 Å². The van der Waals surface area contributed by atoms with Crippen LogP contribution < -0.4 is 11.1 Å². The second kappa shape index (κ2) is 5.22. The smallest absolute Gasteiger partial charge is 0.224 e. The molecule has 6 heteroatoms. The lowest BCUT2D eigenvalue weighted by atomic mass is 10.1. The standard InChI is InChI=1S/C12H14N4O2/c13-12-9(7-15-16-12)6-14-11(18)5-8-1-3-10(17)4-2-8/h1-4,7,17H,5-6H2,(H,14,18)(H3,13,15,16). The van der Waals surface area contributed by atoms with Crippen LogP contribution in [0.15, 0.2) is 30.5 Å². The Bertz CT molecular complexity index is 533. The molecule has 5 N–H and O–H groups in total. The first-order valence-electron chi connectivity index (χ1n) is 5.47. The summed E-state index contributed by atoms with van der Waals surface area (Å²) in [5.74, 6) is 0.534. The highest BCUT2D eigenvalue weighted by Gasteiger charge is 2.06. The van der Waals surface area contributed by atoms with E-state index >= 15 is 0 Å². The fourth-order valence-electron chi connectivity index (χ4n) is 1.52. The molecular weight excluding hydrogens is 232 g/mol. The van der Waals surface area contributed by atoms with Crippen LogP contribution in [0.1, 0.15) is 11.1 Å². The highest BCUT2D eigenvalue weighted by Crippen LogP contribution is 2.10. The number of carbonyl (C=O) groups excluding carboxylic acids is 1. The predicted octanol–water partition coefficient (Wildman–Crippen LogP) is 0.556. The molecule has 1 amide bonds. The number of aromatic amines is 1. The monoisotopic (exact) mass is 246 g/mol. The lowest BCUT2D eigenvalue weighted by molar-refractivity contribution is -0.120. The predicted molar refractivity (Wildman–Crippen MR) is 66.7 cm³/mol. The van der Waals surface area contributed by atoms with E-state index in [0.29, 0.717) is 12.4 Å². The van der Waals surface area contributed by atoms with Crippen molar-refractivity contribution in [2.24, 2.45) is 0 Å². The Hall–Kier alpha value is -2.50. The third-order valence-electron chi connectivity index (χ3n) is 2.53. The molecule has 0 spiro atoms. The molecule has 0 radical (unpaired) electrons. The van der Waals surface area contributed by atoms with Gasteiger partial charge in [-0.3, -0.25) is 9.89 Å². The van der Waals surface area contributed by atoms with Crippen LogP contribution in [-0.2, 0) is 17.8 Å². The lowest BCUT2D eigenvalue weighted by Crippen LogP contribution is -2.24. The Morgan fingerprint density at radius 2 is 2.11 bits per heavy atom. The summed E-state index contributed by atoms with van der Waals surface area (Å²) >= 11 is 0. The minimum Gasteiger partial charge on any atom is -0.508 e. The van der Waals surface area contributed by atoms with Crippen molar-refractivity contribution in [3.8, 4) is 5.75 Å². The number of hydrogen-bond acceptors (Lipinski definition) is 4. The normalized spacial score (nSPS) is 10.2. The van der Waals surface area contributed by atoms with Crippen molar-refractivity contribution in [2.75, 3.05) is 5.73 Å².